The first kappa shape index (κ1) is 20.3. The number of thiazole rings is 1. The van der Waals surface area contributed by atoms with Gasteiger partial charge in [0.15, 0.2) is 16.3 Å². The van der Waals surface area contributed by atoms with Gasteiger partial charge in [-0.15, -0.1) is 11.6 Å². The van der Waals surface area contributed by atoms with Crippen LogP contribution in [0, 0.1) is 0 Å². The number of esters is 2. The third-order valence-corrected chi connectivity index (χ3v) is 3.79. The van der Waals surface area contributed by atoms with Crippen LogP contribution in [0.4, 0.5) is 5.13 Å². The molecule has 124 valence electrons. The maximum absolute atomic E-state index is 11.1. The van der Waals surface area contributed by atoms with E-state index in [1.165, 1.54) is 14.2 Å². The van der Waals surface area contributed by atoms with Crippen molar-refractivity contribution in [2.75, 3.05) is 20.0 Å². The molecule has 0 saturated carbocycles. The number of Topliss-reactive ketones (excluding diaryl/α,β-unsaturated/α-hetero) is 1. The summed E-state index contributed by atoms with van der Waals surface area (Å²) in [5, 5.41) is -0.720. The molecule has 0 bridgehead atoms. The molecule has 0 fully saturated rings. The predicted octanol–water partition coefficient (Wildman–Crippen LogP) is 1.82. The van der Waals surface area contributed by atoms with Crippen molar-refractivity contribution in [1.29, 1.82) is 0 Å². The van der Waals surface area contributed by atoms with Crippen molar-refractivity contribution < 1.29 is 23.9 Å². The summed E-state index contributed by atoms with van der Waals surface area (Å²) in [6.45, 7) is 3.56. The molecular weight excluding hydrogens is 332 g/mol. The van der Waals surface area contributed by atoms with E-state index in [9.17, 15) is 14.4 Å². The van der Waals surface area contributed by atoms with Gasteiger partial charge in [-0.25, -0.2) is 14.6 Å². The molecule has 1 rings (SSSR count). The Labute approximate surface area is 137 Å². The molecule has 0 aliphatic carbocycles. The topological polar surface area (TPSA) is 109 Å². The van der Waals surface area contributed by atoms with Gasteiger partial charge in [0.05, 0.1) is 19.9 Å². The molecule has 7 nitrogen and oxygen atoms in total. The first-order valence-corrected chi connectivity index (χ1v) is 7.65. The van der Waals surface area contributed by atoms with E-state index in [1.807, 2.05) is 6.92 Å². The van der Waals surface area contributed by atoms with E-state index in [0.717, 1.165) is 11.3 Å². The monoisotopic (exact) mass is 350 g/mol. The van der Waals surface area contributed by atoms with Crippen LogP contribution in [-0.2, 0) is 25.5 Å². The number of halogens is 1. The number of anilines is 1. The minimum Gasteiger partial charge on any atom is -0.468 e. The lowest BCUT2D eigenvalue weighted by Gasteiger charge is -2.02. The molecule has 2 N–H and O–H groups in total. The highest BCUT2D eigenvalue weighted by Crippen LogP contribution is 2.21. The average Bonchev–Trinajstić information content (AvgIpc) is 2.93. The van der Waals surface area contributed by atoms with E-state index in [4.69, 9.17) is 17.3 Å². The number of carbonyl (C=O) groups is 3. The Kier molecular flexibility index (Phi) is 9.35. The number of nitrogens with two attached hydrogens (primary N) is 1. The van der Waals surface area contributed by atoms with Crippen LogP contribution in [-0.4, -0.2) is 42.3 Å². The van der Waals surface area contributed by atoms with E-state index in [1.54, 1.807) is 6.92 Å². The number of ether oxygens (including phenoxy) is 2. The lowest BCUT2D eigenvalue weighted by atomic mass is 10.2. The molecule has 1 heterocycles. The number of ketones is 1. The van der Waals surface area contributed by atoms with E-state index in [0.29, 0.717) is 22.1 Å². The molecule has 0 saturated heterocycles. The second kappa shape index (κ2) is 10.1. The fourth-order valence-corrected chi connectivity index (χ4v) is 2.36. The van der Waals surface area contributed by atoms with E-state index in [2.05, 4.69) is 14.5 Å². The lowest BCUT2D eigenvalue weighted by Crippen LogP contribution is -2.24. The van der Waals surface area contributed by atoms with Crippen LogP contribution < -0.4 is 5.73 Å². The zero-order valence-electron chi connectivity index (χ0n) is 12.8. The summed E-state index contributed by atoms with van der Waals surface area (Å²) in [7, 11) is 2.54. The molecule has 0 radical (unpaired) electrons. The molecule has 1 unspecified atom stereocenters. The van der Waals surface area contributed by atoms with Gasteiger partial charge in [0.25, 0.3) is 0 Å². The summed E-state index contributed by atoms with van der Waals surface area (Å²) in [4.78, 5) is 36.8. The standard InChI is InChI=1S/C7H10N2O2S.C6H9ClO3/c1-3-4-5(6(10)11-2)12-7(8)9-4;1-3-4(8)5(7)6(9)10-2/h3H2,1-2H3,(H2,8,9);5H,3H2,1-2H3. The quantitative estimate of drug-likeness (QED) is 0.490. The average molecular weight is 351 g/mol. The van der Waals surface area contributed by atoms with Crippen molar-refractivity contribution in [2.24, 2.45) is 0 Å². The molecule has 1 aromatic heterocycles. The number of nitrogen functional groups attached to an aromatic ring is 1. The molecular formula is C13H19ClN2O5S. The lowest BCUT2D eigenvalue weighted by molar-refractivity contribution is -0.142. The minimum absolute atomic E-state index is 0.253. The first-order chi connectivity index (χ1) is 10.3. The van der Waals surface area contributed by atoms with Crippen LogP contribution >= 0.6 is 22.9 Å². The first-order valence-electron chi connectivity index (χ1n) is 6.40. The van der Waals surface area contributed by atoms with Gasteiger partial charge in [0, 0.05) is 6.42 Å². The largest absolute Gasteiger partial charge is 0.468 e. The molecule has 0 amide bonds. The SMILES string of the molecule is CCC(=O)C(Cl)C(=O)OC.CCc1nc(N)sc1C(=O)OC. The summed E-state index contributed by atoms with van der Waals surface area (Å²) in [6.07, 6.45) is 0.946. The highest BCUT2D eigenvalue weighted by Gasteiger charge is 2.22. The molecule has 0 aliphatic heterocycles. The third-order valence-electron chi connectivity index (χ3n) is 2.46. The van der Waals surface area contributed by atoms with Crippen molar-refractivity contribution >= 4 is 45.8 Å². The Morgan fingerprint density at radius 2 is 1.86 bits per heavy atom. The predicted molar refractivity (Wildman–Crippen MR) is 84.2 cm³/mol. The van der Waals surface area contributed by atoms with Gasteiger partial charge in [-0.05, 0) is 6.42 Å². The molecule has 0 aliphatic rings. The zero-order chi connectivity index (χ0) is 17.3. The Balaban J connectivity index is 0.000000409. The maximum atomic E-state index is 11.1. The van der Waals surface area contributed by atoms with Crippen molar-refractivity contribution in [1.82, 2.24) is 4.98 Å². The summed E-state index contributed by atoms with van der Waals surface area (Å²) >= 11 is 6.52. The highest BCUT2D eigenvalue weighted by atomic mass is 35.5. The number of carbonyl (C=O) groups excluding carboxylic acids is 3. The van der Waals surface area contributed by atoms with E-state index in [-0.39, 0.29) is 18.2 Å². The van der Waals surface area contributed by atoms with Gasteiger partial charge in [0.2, 0.25) is 0 Å². The van der Waals surface area contributed by atoms with Crippen molar-refractivity contribution in [2.45, 2.75) is 32.1 Å². The Bertz CT molecular complexity index is 517. The smallest absolute Gasteiger partial charge is 0.350 e. The summed E-state index contributed by atoms with van der Waals surface area (Å²) in [5.74, 6) is -1.36. The number of aryl methyl sites for hydroxylation is 1. The number of rotatable bonds is 5. The Morgan fingerprint density at radius 1 is 1.27 bits per heavy atom. The van der Waals surface area contributed by atoms with Crippen LogP contribution in [0.15, 0.2) is 0 Å². The molecule has 0 aromatic carbocycles. The number of alkyl halides is 1. The van der Waals surface area contributed by atoms with Crippen LogP contribution in [0.5, 0.6) is 0 Å². The molecule has 9 heteroatoms. The van der Waals surface area contributed by atoms with Gasteiger partial charge in [-0.3, -0.25) is 4.79 Å². The highest BCUT2D eigenvalue weighted by molar-refractivity contribution is 7.17. The van der Waals surface area contributed by atoms with E-state index >= 15 is 0 Å². The van der Waals surface area contributed by atoms with Crippen molar-refractivity contribution in [3.8, 4) is 0 Å². The normalized spacial score (nSPS) is 11.0. The molecule has 22 heavy (non-hydrogen) atoms. The fraction of sp³-hybridized carbons (Fsp3) is 0.538. The van der Waals surface area contributed by atoms with Crippen LogP contribution in [0.2, 0.25) is 0 Å². The van der Waals surface area contributed by atoms with Gasteiger partial charge >= 0.3 is 11.9 Å². The fourth-order valence-electron chi connectivity index (χ4n) is 1.28. The second-order valence-electron chi connectivity index (χ2n) is 3.88. The van der Waals surface area contributed by atoms with Crippen molar-refractivity contribution in [3.63, 3.8) is 0 Å². The number of nitrogens with zero attached hydrogens (tertiary/aromatic N) is 1. The van der Waals surface area contributed by atoms with Gasteiger partial charge in [-0.1, -0.05) is 25.2 Å². The van der Waals surface area contributed by atoms with E-state index < -0.39 is 11.3 Å². The minimum atomic E-state index is -1.13. The molecule has 0 spiro atoms. The Hall–Kier alpha value is -1.67. The number of hydrogen-bond acceptors (Lipinski definition) is 8. The number of aromatic nitrogens is 1. The zero-order valence-corrected chi connectivity index (χ0v) is 14.4. The summed E-state index contributed by atoms with van der Waals surface area (Å²) in [6, 6.07) is 0. The maximum Gasteiger partial charge on any atom is 0.350 e. The molecule has 1 atom stereocenters. The van der Waals surface area contributed by atoms with Crippen LogP contribution in [0.3, 0.4) is 0 Å². The van der Waals surface area contributed by atoms with Crippen molar-refractivity contribution in [3.05, 3.63) is 10.6 Å². The summed E-state index contributed by atoms with van der Waals surface area (Å²) in [5.41, 5.74) is 6.16. The Morgan fingerprint density at radius 3 is 2.27 bits per heavy atom. The number of hydrogen-bond donors (Lipinski definition) is 1. The summed E-state index contributed by atoms with van der Waals surface area (Å²) < 4.78 is 8.81. The van der Waals surface area contributed by atoms with Crippen LogP contribution in [0.1, 0.15) is 35.6 Å². The van der Waals surface area contributed by atoms with Crippen LogP contribution in [0.25, 0.3) is 0 Å². The third kappa shape index (κ3) is 5.98. The second-order valence-corrected chi connectivity index (χ2v) is 5.35. The number of methoxy groups -OCH3 is 2. The van der Waals surface area contributed by atoms with Gasteiger partial charge in [0.1, 0.15) is 4.88 Å². The molecule has 1 aromatic rings. The van der Waals surface area contributed by atoms with Gasteiger partial charge < -0.3 is 15.2 Å². The van der Waals surface area contributed by atoms with Gasteiger partial charge in [-0.2, -0.15) is 0 Å².